The number of aldehydes is 2. The van der Waals surface area contributed by atoms with Gasteiger partial charge in [-0.2, -0.15) is 0 Å². The summed E-state index contributed by atoms with van der Waals surface area (Å²) in [5, 5.41) is 25.3. The van der Waals surface area contributed by atoms with E-state index in [0.29, 0.717) is 78.3 Å². The van der Waals surface area contributed by atoms with Gasteiger partial charge in [0.25, 0.3) is 0 Å². The van der Waals surface area contributed by atoms with Crippen molar-refractivity contribution in [2.24, 2.45) is 0 Å². The second-order valence-electron chi connectivity index (χ2n) is 12.2. The van der Waals surface area contributed by atoms with Gasteiger partial charge >= 0.3 is 11.9 Å². The average molecular weight is 683 g/mol. The number of fused-ring (bicyclic) bond motifs is 4. The first-order chi connectivity index (χ1) is 25.4. The molecule has 8 rings (SSSR count). The van der Waals surface area contributed by atoms with Crippen LogP contribution in [0.4, 0.5) is 0 Å². The van der Waals surface area contributed by atoms with Gasteiger partial charge in [0, 0.05) is 54.9 Å². The minimum atomic E-state index is -1.17. The molecule has 8 heteroatoms. The molecule has 0 radical (unpaired) electrons. The monoisotopic (exact) mass is 682 g/mol. The van der Waals surface area contributed by atoms with E-state index in [4.69, 9.17) is 9.78 Å². The fraction of sp³-hybridized carbons (Fsp3) is 0. The predicted octanol–water partition coefficient (Wildman–Crippen LogP) is 10.0. The van der Waals surface area contributed by atoms with Gasteiger partial charge in [-0.15, -0.1) is 0 Å². The molecule has 0 aliphatic carbocycles. The van der Waals surface area contributed by atoms with E-state index in [9.17, 15) is 29.4 Å². The Hall–Kier alpha value is -7.32. The number of carbonyl (C=O) groups is 4. The highest BCUT2D eigenvalue weighted by molar-refractivity contribution is 6.15. The normalized spacial score (nSPS) is 11.2. The first kappa shape index (κ1) is 31.9. The second-order valence-corrected chi connectivity index (χ2v) is 12.2. The van der Waals surface area contributed by atoms with Gasteiger partial charge in [0.15, 0.2) is 24.1 Å². The SMILES string of the molecule is O=Cc1ccc2ccccc2c1-c1cc(C(=O)O)c2ccccc2c1OOc1c(-c2c(C=O)ccc3ccccc23)cc(C(=O)O)c2ccccc12. The number of carboxylic acids is 2. The van der Waals surface area contributed by atoms with Crippen molar-refractivity contribution in [3.8, 4) is 33.8 Å². The van der Waals surface area contributed by atoms with Crippen molar-refractivity contribution in [1.29, 1.82) is 0 Å². The van der Waals surface area contributed by atoms with E-state index in [0.717, 1.165) is 10.8 Å². The minimum absolute atomic E-state index is 0.00827. The molecular formula is C44H26O8. The smallest absolute Gasteiger partial charge is 0.336 e. The Labute approximate surface area is 295 Å². The maximum atomic E-state index is 12.7. The van der Waals surface area contributed by atoms with Crippen LogP contribution in [0.1, 0.15) is 41.4 Å². The number of aromatic carboxylic acids is 2. The van der Waals surface area contributed by atoms with Crippen molar-refractivity contribution in [2.45, 2.75) is 0 Å². The first-order valence-electron chi connectivity index (χ1n) is 16.3. The number of carbonyl (C=O) groups excluding carboxylic acids is 2. The van der Waals surface area contributed by atoms with Crippen LogP contribution in [-0.2, 0) is 0 Å². The highest BCUT2D eigenvalue weighted by Gasteiger charge is 2.26. The second kappa shape index (κ2) is 12.9. The molecule has 0 aliphatic heterocycles. The summed E-state index contributed by atoms with van der Waals surface area (Å²) in [5.74, 6) is -2.09. The van der Waals surface area contributed by atoms with E-state index in [1.807, 2.05) is 60.7 Å². The molecule has 0 spiro atoms. The lowest BCUT2D eigenvalue weighted by Gasteiger charge is -2.20. The summed E-state index contributed by atoms with van der Waals surface area (Å²) < 4.78 is 0. The number of hydrogen-bond donors (Lipinski definition) is 2. The molecule has 0 fully saturated rings. The van der Waals surface area contributed by atoms with E-state index in [1.165, 1.54) is 12.1 Å². The predicted molar refractivity (Wildman–Crippen MR) is 200 cm³/mol. The zero-order valence-corrected chi connectivity index (χ0v) is 27.2. The maximum Gasteiger partial charge on any atom is 0.336 e. The Morgan fingerprint density at radius 2 is 0.788 bits per heavy atom. The topological polar surface area (TPSA) is 127 Å². The van der Waals surface area contributed by atoms with E-state index in [1.54, 1.807) is 60.7 Å². The highest BCUT2D eigenvalue weighted by atomic mass is 17.2. The van der Waals surface area contributed by atoms with Crippen molar-refractivity contribution in [2.75, 3.05) is 0 Å². The lowest BCUT2D eigenvalue weighted by molar-refractivity contribution is -0.0957. The van der Waals surface area contributed by atoms with Gasteiger partial charge in [-0.05, 0) is 33.7 Å². The van der Waals surface area contributed by atoms with Gasteiger partial charge in [0.2, 0.25) is 0 Å². The van der Waals surface area contributed by atoms with Crippen LogP contribution in [0.15, 0.2) is 133 Å². The third kappa shape index (κ3) is 5.18. The zero-order chi connectivity index (χ0) is 35.9. The number of hydrogen-bond acceptors (Lipinski definition) is 6. The summed E-state index contributed by atoms with van der Waals surface area (Å²) in [5.41, 5.74) is 2.07. The summed E-state index contributed by atoms with van der Waals surface area (Å²) in [6.07, 6.45) is 1.42. The van der Waals surface area contributed by atoms with E-state index < -0.39 is 11.9 Å². The maximum absolute atomic E-state index is 12.7. The van der Waals surface area contributed by atoms with Crippen LogP contribution >= 0.6 is 0 Å². The van der Waals surface area contributed by atoms with Gasteiger partial charge < -0.3 is 10.2 Å². The molecule has 0 heterocycles. The number of benzene rings is 8. The Kier molecular flexibility index (Phi) is 7.89. The van der Waals surface area contributed by atoms with Crippen molar-refractivity contribution in [3.63, 3.8) is 0 Å². The molecule has 8 aromatic carbocycles. The van der Waals surface area contributed by atoms with Gasteiger partial charge in [-0.1, -0.05) is 121 Å². The Morgan fingerprint density at radius 3 is 1.15 bits per heavy atom. The molecule has 0 atom stereocenters. The summed E-state index contributed by atoms with van der Waals surface area (Å²) in [6.45, 7) is 0. The van der Waals surface area contributed by atoms with Crippen molar-refractivity contribution in [1.82, 2.24) is 0 Å². The van der Waals surface area contributed by atoms with Gasteiger partial charge in [-0.25, -0.2) is 9.59 Å². The van der Waals surface area contributed by atoms with Gasteiger partial charge in [0.05, 0.1) is 11.1 Å². The third-order valence-electron chi connectivity index (χ3n) is 9.37. The molecule has 0 unspecified atom stereocenters. The summed E-state index contributed by atoms with van der Waals surface area (Å²) in [7, 11) is 0. The lowest BCUT2D eigenvalue weighted by atomic mass is 9.89. The summed E-state index contributed by atoms with van der Waals surface area (Å²) in [4.78, 5) is 63.3. The van der Waals surface area contributed by atoms with Crippen molar-refractivity contribution < 1.29 is 39.2 Å². The molecule has 250 valence electrons. The van der Waals surface area contributed by atoms with E-state index >= 15 is 0 Å². The Balaban J connectivity index is 1.44. The van der Waals surface area contributed by atoms with Gasteiger partial charge in [0.1, 0.15) is 0 Å². The molecule has 8 nitrogen and oxygen atoms in total. The molecule has 0 bridgehead atoms. The first-order valence-corrected chi connectivity index (χ1v) is 16.3. The number of carboxylic acid groups (broad SMARTS) is 2. The fourth-order valence-corrected chi connectivity index (χ4v) is 7.06. The van der Waals surface area contributed by atoms with Crippen LogP contribution in [-0.4, -0.2) is 34.7 Å². The molecule has 0 aliphatic rings. The summed E-state index contributed by atoms with van der Waals surface area (Å²) >= 11 is 0. The lowest BCUT2D eigenvalue weighted by Crippen LogP contribution is -2.09. The Bertz CT molecular complexity index is 2610. The minimum Gasteiger partial charge on any atom is -0.478 e. The molecular weight excluding hydrogens is 656 g/mol. The standard InChI is InChI=1S/C44H26O8/c45-23-27-19-17-25-9-1-3-11-29(25)39(27)37-21-35(43(47)48)31-13-5-7-15-33(31)41(37)51-52-42-34-16-8-6-14-32(34)36(44(49)50)22-38(42)40-28(24-46)20-18-26-10-2-4-12-30(26)40/h1-24H,(H,47,48)(H,49,50). The van der Waals surface area contributed by atoms with Crippen LogP contribution in [0.25, 0.3) is 65.3 Å². The molecule has 8 aromatic rings. The highest BCUT2D eigenvalue weighted by Crippen LogP contribution is 2.46. The quantitative estimate of drug-likeness (QED) is 0.0875. The number of rotatable bonds is 9. The largest absolute Gasteiger partial charge is 0.478 e. The van der Waals surface area contributed by atoms with Crippen LogP contribution in [0.3, 0.4) is 0 Å². The molecule has 0 saturated carbocycles. The molecule has 0 aromatic heterocycles. The third-order valence-corrected chi connectivity index (χ3v) is 9.37. The van der Waals surface area contributed by atoms with Crippen LogP contribution in [0.2, 0.25) is 0 Å². The van der Waals surface area contributed by atoms with Crippen molar-refractivity contribution >= 4 is 67.6 Å². The Morgan fingerprint density at radius 1 is 0.442 bits per heavy atom. The van der Waals surface area contributed by atoms with Crippen LogP contribution < -0.4 is 9.78 Å². The average Bonchev–Trinajstić information content (AvgIpc) is 3.18. The van der Waals surface area contributed by atoms with Crippen LogP contribution in [0.5, 0.6) is 11.5 Å². The zero-order valence-electron chi connectivity index (χ0n) is 27.2. The fourth-order valence-electron chi connectivity index (χ4n) is 7.06. The van der Waals surface area contributed by atoms with E-state index in [-0.39, 0.29) is 22.6 Å². The van der Waals surface area contributed by atoms with Crippen molar-refractivity contribution in [3.05, 3.63) is 156 Å². The van der Waals surface area contributed by atoms with E-state index in [2.05, 4.69) is 0 Å². The van der Waals surface area contributed by atoms with Crippen LogP contribution in [0, 0.1) is 0 Å². The molecule has 52 heavy (non-hydrogen) atoms. The molecule has 0 amide bonds. The molecule has 2 N–H and O–H groups in total. The molecule has 0 saturated heterocycles. The summed E-state index contributed by atoms with van der Waals surface area (Å²) in [6, 6.07) is 38.4. The van der Waals surface area contributed by atoms with Gasteiger partial charge in [-0.3, -0.25) is 19.4 Å².